The van der Waals surface area contributed by atoms with Crippen molar-refractivity contribution >= 4 is 24.0 Å². The molecule has 6 heteroatoms. The molecule has 2 N–H and O–H groups in total. The van der Waals surface area contributed by atoms with E-state index >= 15 is 0 Å². The molecule has 162 valence electrons. The third-order valence-corrected chi connectivity index (χ3v) is 5.17. The Hall–Kier alpha value is -3.54. The fourth-order valence-corrected chi connectivity index (χ4v) is 3.58. The van der Waals surface area contributed by atoms with Gasteiger partial charge < -0.3 is 19.9 Å². The van der Waals surface area contributed by atoms with Crippen LogP contribution in [-0.4, -0.2) is 32.2 Å². The van der Waals surface area contributed by atoms with Crippen LogP contribution in [0.15, 0.2) is 59.7 Å². The van der Waals surface area contributed by atoms with Gasteiger partial charge in [0.15, 0.2) is 11.5 Å². The quantitative estimate of drug-likeness (QED) is 0.393. The van der Waals surface area contributed by atoms with E-state index < -0.39 is 11.9 Å². The highest BCUT2D eigenvalue weighted by atomic mass is 16.5. The molecule has 0 spiro atoms. The minimum atomic E-state index is -0.728. The number of carbonyl (C=O) groups is 2. The Balaban J connectivity index is 1.99. The van der Waals surface area contributed by atoms with E-state index in [0.29, 0.717) is 17.1 Å². The third kappa shape index (κ3) is 5.75. The fraction of sp³-hybridized carbons (Fsp3) is 0.280. The first-order chi connectivity index (χ1) is 15.0. The Morgan fingerprint density at radius 1 is 0.903 bits per heavy atom. The normalized spacial score (nSPS) is 14.9. The first-order valence-corrected chi connectivity index (χ1v) is 10.2. The molecule has 2 aromatic rings. The zero-order chi connectivity index (χ0) is 22.2. The van der Waals surface area contributed by atoms with Gasteiger partial charge in [-0.2, -0.15) is 0 Å². The fourth-order valence-electron chi connectivity index (χ4n) is 3.58. The van der Waals surface area contributed by atoms with E-state index in [0.717, 1.165) is 18.4 Å². The van der Waals surface area contributed by atoms with E-state index in [4.69, 9.17) is 19.9 Å². The molecule has 2 aromatic carbocycles. The van der Waals surface area contributed by atoms with Gasteiger partial charge in [0.1, 0.15) is 0 Å². The van der Waals surface area contributed by atoms with E-state index in [9.17, 15) is 9.59 Å². The molecule has 6 nitrogen and oxygen atoms in total. The van der Waals surface area contributed by atoms with Crippen LogP contribution < -0.4 is 15.2 Å². The van der Waals surface area contributed by atoms with Gasteiger partial charge in [0.2, 0.25) is 5.91 Å². The first-order valence-electron chi connectivity index (χ1n) is 10.2. The Morgan fingerprint density at radius 2 is 1.58 bits per heavy atom. The maximum Gasteiger partial charge on any atom is 0.338 e. The van der Waals surface area contributed by atoms with Crippen LogP contribution in [0.5, 0.6) is 11.5 Å². The summed E-state index contributed by atoms with van der Waals surface area (Å²) in [6.45, 7) is 0. The summed E-state index contributed by atoms with van der Waals surface area (Å²) in [6, 6.07) is 14.5. The number of ether oxygens (including phenoxy) is 3. The number of nitrogens with two attached hydrogens (primary N) is 1. The molecule has 1 fully saturated rings. The first kappa shape index (κ1) is 22.2. The van der Waals surface area contributed by atoms with Crippen LogP contribution in [0.2, 0.25) is 0 Å². The Kier molecular flexibility index (Phi) is 7.49. The average molecular weight is 421 g/mol. The minimum Gasteiger partial charge on any atom is -0.493 e. The average Bonchev–Trinajstić information content (AvgIpc) is 3.30. The number of hydrogen-bond donors (Lipinski definition) is 1. The van der Waals surface area contributed by atoms with Gasteiger partial charge in [-0.3, -0.25) is 4.79 Å². The topological polar surface area (TPSA) is 87.8 Å². The maximum absolute atomic E-state index is 12.5. The lowest BCUT2D eigenvalue weighted by atomic mass is 9.99. The Labute approximate surface area is 182 Å². The number of carbonyl (C=O) groups excluding carboxylic acids is 2. The highest BCUT2D eigenvalue weighted by molar-refractivity contribution is 6.14. The van der Waals surface area contributed by atoms with Crippen molar-refractivity contribution in [3.05, 3.63) is 70.8 Å². The lowest BCUT2D eigenvalue weighted by Gasteiger charge is -2.16. The van der Waals surface area contributed by atoms with Crippen LogP contribution in [0.1, 0.15) is 36.8 Å². The van der Waals surface area contributed by atoms with Gasteiger partial charge in [0.25, 0.3) is 0 Å². The molecule has 0 radical (unpaired) electrons. The zero-order valence-corrected chi connectivity index (χ0v) is 17.8. The standard InChI is InChI=1S/C25H27NO5/c1-29-23-16-18(12-13-22(23)31-19-10-6-7-11-19)15-21(25(28)30-2)20(24(26)27)14-17-8-4-3-5-9-17/h3-5,8-9,12-16,19H,6-7,10-11H2,1-2H3,(H2,26,27). The minimum absolute atomic E-state index is 0.0586. The molecule has 0 unspecified atom stereocenters. The van der Waals surface area contributed by atoms with Gasteiger partial charge in [-0.05, 0) is 61.1 Å². The number of esters is 1. The van der Waals surface area contributed by atoms with Crippen LogP contribution in [0.3, 0.4) is 0 Å². The number of benzene rings is 2. The summed E-state index contributed by atoms with van der Waals surface area (Å²) >= 11 is 0. The smallest absolute Gasteiger partial charge is 0.338 e. The van der Waals surface area contributed by atoms with Gasteiger partial charge in [-0.1, -0.05) is 36.4 Å². The highest BCUT2D eigenvalue weighted by Crippen LogP contribution is 2.33. The van der Waals surface area contributed by atoms with Crippen molar-refractivity contribution in [2.75, 3.05) is 14.2 Å². The summed E-state index contributed by atoms with van der Waals surface area (Å²) in [5, 5.41) is 0. The number of primary amides is 1. The number of methoxy groups -OCH3 is 2. The second-order valence-electron chi connectivity index (χ2n) is 7.32. The molecule has 1 aliphatic rings. The third-order valence-electron chi connectivity index (χ3n) is 5.17. The maximum atomic E-state index is 12.5. The van der Waals surface area contributed by atoms with Crippen LogP contribution in [0.25, 0.3) is 12.2 Å². The molecule has 1 aliphatic carbocycles. The van der Waals surface area contributed by atoms with Gasteiger partial charge in [-0.15, -0.1) is 0 Å². The highest BCUT2D eigenvalue weighted by Gasteiger charge is 2.21. The van der Waals surface area contributed by atoms with Gasteiger partial charge in [0.05, 0.1) is 31.5 Å². The monoisotopic (exact) mass is 421 g/mol. The molecule has 1 amide bonds. The van der Waals surface area contributed by atoms with E-state index in [1.54, 1.807) is 31.4 Å². The summed E-state index contributed by atoms with van der Waals surface area (Å²) in [5.74, 6) is -0.182. The predicted molar refractivity (Wildman–Crippen MR) is 119 cm³/mol. The van der Waals surface area contributed by atoms with Crippen molar-refractivity contribution in [1.29, 1.82) is 0 Å². The molecule has 31 heavy (non-hydrogen) atoms. The number of amides is 1. The second kappa shape index (κ2) is 10.5. The lowest BCUT2D eigenvalue weighted by Crippen LogP contribution is -2.20. The number of hydrogen-bond acceptors (Lipinski definition) is 5. The van der Waals surface area contributed by atoms with Crippen LogP contribution in [-0.2, 0) is 14.3 Å². The molecule has 0 bridgehead atoms. The molecule has 0 aliphatic heterocycles. The van der Waals surface area contributed by atoms with Gasteiger partial charge >= 0.3 is 5.97 Å². The molecule has 0 saturated heterocycles. The predicted octanol–water partition coefficient (Wildman–Crippen LogP) is 4.14. The van der Waals surface area contributed by atoms with Crippen molar-refractivity contribution in [1.82, 2.24) is 0 Å². The van der Waals surface area contributed by atoms with E-state index in [2.05, 4.69) is 0 Å². The van der Waals surface area contributed by atoms with E-state index in [1.807, 2.05) is 36.4 Å². The number of rotatable bonds is 8. The largest absolute Gasteiger partial charge is 0.493 e. The van der Waals surface area contributed by atoms with E-state index in [-0.39, 0.29) is 17.3 Å². The second-order valence-corrected chi connectivity index (χ2v) is 7.32. The van der Waals surface area contributed by atoms with Gasteiger partial charge in [-0.25, -0.2) is 4.79 Å². The summed E-state index contributed by atoms with van der Waals surface area (Å²) in [6.07, 6.45) is 7.72. The van der Waals surface area contributed by atoms with Crippen molar-refractivity contribution in [3.8, 4) is 11.5 Å². The summed E-state index contributed by atoms with van der Waals surface area (Å²) in [7, 11) is 2.83. The molecular weight excluding hydrogens is 394 g/mol. The summed E-state index contributed by atoms with van der Waals surface area (Å²) < 4.78 is 16.5. The van der Waals surface area contributed by atoms with Crippen LogP contribution in [0.4, 0.5) is 0 Å². The molecule has 3 rings (SSSR count). The van der Waals surface area contributed by atoms with Crippen molar-refractivity contribution in [2.24, 2.45) is 5.73 Å². The van der Waals surface area contributed by atoms with Gasteiger partial charge in [0, 0.05) is 0 Å². The summed E-state index contributed by atoms with van der Waals surface area (Å²) in [4.78, 5) is 24.7. The zero-order valence-electron chi connectivity index (χ0n) is 17.8. The van der Waals surface area contributed by atoms with E-state index in [1.165, 1.54) is 20.0 Å². The Bertz CT molecular complexity index is 988. The van der Waals surface area contributed by atoms with Crippen LogP contribution >= 0.6 is 0 Å². The lowest BCUT2D eigenvalue weighted by molar-refractivity contribution is -0.136. The van der Waals surface area contributed by atoms with Crippen molar-refractivity contribution < 1.29 is 23.8 Å². The molecule has 0 heterocycles. The molecular formula is C25H27NO5. The molecule has 0 aromatic heterocycles. The summed E-state index contributed by atoms with van der Waals surface area (Å²) in [5.41, 5.74) is 7.11. The Morgan fingerprint density at radius 3 is 2.19 bits per heavy atom. The van der Waals surface area contributed by atoms with Crippen molar-refractivity contribution in [3.63, 3.8) is 0 Å². The molecule has 1 saturated carbocycles. The SMILES string of the molecule is COC(=O)C(=Cc1ccc(OC2CCCC2)c(OC)c1)C(=Cc1ccccc1)C(N)=O. The van der Waals surface area contributed by atoms with Crippen molar-refractivity contribution in [2.45, 2.75) is 31.8 Å². The molecule has 0 atom stereocenters. The van der Waals surface area contributed by atoms with Crippen LogP contribution in [0, 0.1) is 0 Å².